The number of methoxy groups -OCH3 is 1. The van der Waals surface area contributed by atoms with Crippen LogP contribution in [0.25, 0.3) is 0 Å². The number of phenolic OH excluding ortho intramolecular Hbond substituents is 1. The molecule has 0 aliphatic heterocycles. The lowest BCUT2D eigenvalue weighted by Gasteiger charge is -2.28. The first-order valence-corrected chi connectivity index (χ1v) is 7.02. The van der Waals surface area contributed by atoms with Gasteiger partial charge < -0.3 is 9.84 Å². The van der Waals surface area contributed by atoms with Gasteiger partial charge in [0.1, 0.15) is 0 Å². The minimum absolute atomic E-state index is 0.182. The van der Waals surface area contributed by atoms with Gasteiger partial charge in [0.15, 0.2) is 11.5 Å². The molecule has 19 heavy (non-hydrogen) atoms. The molecule has 0 saturated carbocycles. The van der Waals surface area contributed by atoms with Gasteiger partial charge >= 0.3 is 0 Å². The molecular formula is C15H24ClNO2. The minimum Gasteiger partial charge on any atom is -0.504 e. The number of halogens is 1. The van der Waals surface area contributed by atoms with E-state index in [1.54, 1.807) is 12.1 Å². The van der Waals surface area contributed by atoms with Crippen LogP contribution in [-0.4, -0.2) is 29.7 Å². The van der Waals surface area contributed by atoms with Crippen LogP contribution >= 0.6 is 11.6 Å². The second-order valence-corrected chi connectivity index (χ2v) is 5.97. The van der Waals surface area contributed by atoms with E-state index in [1.165, 1.54) is 7.11 Å². The molecule has 108 valence electrons. The predicted molar refractivity (Wildman–Crippen MR) is 80.1 cm³/mol. The Morgan fingerprint density at radius 2 is 1.89 bits per heavy atom. The standard InChI is InChI=1S/C15H24ClNO2/c1-10(2)8-17(11(3)4)9-12-6-13(16)7-14(19-5)15(12)18/h6-7,10-11,18H,8-9H2,1-5H3. The Morgan fingerprint density at radius 3 is 2.37 bits per heavy atom. The van der Waals surface area contributed by atoms with Crippen LogP contribution in [0.2, 0.25) is 5.02 Å². The van der Waals surface area contributed by atoms with Crippen LogP contribution in [0.15, 0.2) is 12.1 Å². The van der Waals surface area contributed by atoms with E-state index in [-0.39, 0.29) is 5.75 Å². The third-order valence-electron chi connectivity index (χ3n) is 3.04. The average Bonchev–Trinajstić information content (AvgIpc) is 2.31. The molecule has 3 nitrogen and oxygen atoms in total. The van der Waals surface area contributed by atoms with Gasteiger partial charge in [-0.25, -0.2) is 0 Å². The number of ether oxygens (including phenoxy) is 1. The fourth-order valence-corrected chi connectivity index (χ4v) is 2.28. The van der Waals surface area contributed by atoms with Crippen LogP contribution in [0.5, 0.6) is 11.5 Å². The number of benzene rings is 1. The van der Waals surface area contributed by atoms with Crippen LogP contribution in [0.4, 0.5) is 0 Å². The first-order chi connectivity index (χ1) is 8.85. The topological polar surface area (TPSA) is 32.7 Å². The van der Waals surface area contributed by atoms with Crippen molar-refractivity contribution in [2.24, 2.45) is 5.92 Å². The maximum absolute atomic E-state index is 10.2. The highest BCUT2D eigenvalue weighted by Gasteiger charge is 2.16. The van der Waals surface area contributed by atoms with Crippen LogP contribution in [0.1, 0.15) is 33.3 Å². The van der Waals surface area contributed by atoms with Crippen molar-refractivity contribution < 1.29 is 9.84 Å². The minimum atomic E-state index is 0.182. The van der Waals surface area contributed by atoms with E-state index in [0.717, 1.165) is 12.1 Å². The number of hydrogen-bond acceptors (Lipinski definition) is 3. The number of rotatable bonds is 6. The van der Waals surface area contributed by atoms with E-state index in [9.17, 15) is 5.11 Å². The summed E-state index contributed by atoms with van der Waals surface area (Å²) in [5, 5.41) is 10.7. The van der Waals surface area contributed by atoms with Gasteiger partial charge in [0.05, 0.1) is 7.11 Å². The SMILES string of the molecule is COc1cc(Cl)cc(CN(CC(C)C)C(C)C)c1O. The number of hydrogen-bond donors (Lipinski definition) is 1. The summed E-state index contributed by atoms with van der Waals surface area (Å²) >= 11 is 6.06. The molecule has 0 spiro atoms. The zero-order valence-electron chi connectivity index (χ0n) is 12.4. The molecule has 0 heterocycles. The van der Waals surface area contributed by atoms with Crippen LogP contribution < -0.4 is 4.74 Å². The third kappa shape index (κ3) is 4.59. The number of aromatic hydroxyl groups is 1. The fourth-order valence-electron chi connectivity index (χ4n) is 2.05. The highest BCUT2D eigenvalue weighted by Crippen LogP contribution is 2.34. The number of nitrogens with zero attached hydrogens (tertiary/aromatic N) is 1. The van der Waals surface area contributed by atoms with Gasteiger partial charge in [-0.1, -0.05) is 25.4 Å². The number of phenols is 1. The smallest absolute Gasteiger partial charge is 0.162 e. The first-order valence-electron chi connectivity index (χ1n) is 6.64. The predicted octanol–water partition coefficient (Wildman–Crippen LogP) is 3.92. The lowest BCUT2D eigenvalue weighted by atomic mass is 10.1. The summed E-state index contributed by atoms with van der Waals surface area (Å²) < 4.78 is 5.14. The van der Waals surface area contributed by atoms with Gasteiger partial charge in [-0.2, -0.15) is 0 Å². The van der Waals surface area contributed by atoms with E-state index < -0.39 is 0 Å². The molecule has 0 aliphatic carbocycles. The molecule has 0 radical (unpaired) electrons. The zero-order valence-corrected chi connectivity index (χ0v) is 13.2. The summed E-state index contributed by atoms with van der Waals surface area (Å²) in [5.41, 5.74) is 0.804. The summed E-state index contributed by atoms with van der Waals surface area (Å²) in [6.45, 7) is 10.3. The molecule has 0 amide bonds. The van der Waals surface area contributed by atoms with Crippen molar-refractivity contribution >= 4 is 11.6 Å². The Kier molecular flexibility index (Phi) is 5.95. The van der Waals surface area contributed by atoms with Crippen molar-refractivity contribution in [2.75, 3.05) is 13.7 Å². The van der Waals surface area contributed by atoms with Crippen LogP contribution in [-0.2, 0) is 6.54 Å². The van der Waals surface area contributed by atoms with Crippen molar-refractivity contribution in [1.82, 2.24) is 4.90 Å². The summed E-state index contributed by atoms with van der Waals surface area (Å²) in [6, 6.07) is 3.84. The van der Waals surface area contributed by atoms with Crippen LogP contribution in [0.3, 0.4) is 0 Å². The second kappa shape index (κ2) is 7.01. The van der Waals surface area contributed by atoms with Gasteiger partial charge in [0.25, 0.3) is 0 Å². The Balaban J connectivity index is 2.99. The second-order valence-electron chi connectivity index (χ2n) is 5.53. The normalized spacial score (nSPS) is 11.6. The zero-order chi connectivity index (χ0) is 14.6. The summed E-state index contributed by atoms with van der Waals surface area (Å²) in [4.78, 5) is 2.31. The van der Waals surface area contributed by atoms with Gasteiger partial charge in [0, 0.05) is 35.8 Å². The molecule has 1 aromatic rings. The summed E-state index contributed by atoms with van der Waals surface area (Å²) in [6.07, 6.45) is 0. The van der Waals surface area contributed by atoms with Gasteiger partial charge in [-0.15, -0.1) is 0 Å². The van der Waals surface area contributed by atoms with Crippen molar-refractivity contribution in [1.29, 1.82) is 0 Å². The quantitative estimate of drug-likeness (QED) is 0.860. The lowest BCUT2D eigenvalue weighted by molar-refractivity contribution is 0.187. The summed E-state index contributed by atoms with van der Waals surface area (Å²) in [7, 11) is 1.53. The maximum atomic E-state index is 10.2. The molecule has 0 saturated heterocycles. The van der Waals surface area contributed by atoms with Crippen molar-refractivity contribution in [2.45, 2.75) is 40.3 Å². The van der Waals surface area contributed by atoms with Crippen molar-refractivity contribution in [3.63, 3.8) is 0 Å². The van der Waals surface area contributed by atoms with Crippen molar-refractivity contribution in [3.05, 3.63) is 22.7 Å². The molecule has 0 bridgehead atoms. The maximum Gasteiger partial charge on any atom is 0.162 e. The molecule has 0 atom stereocenters. The average molecular weight is 286 g/mol. The molecule has 0 fully saturated rings. The molecule has 1 aromatic carbocycles. The fraction of sp³-hybridized carbons (Fsp3) is 0.600. The van der Waals surface area contributed by atoms with E-state index in [1.807, 2.05) is 0 Å². The molecule has 4 heteroatoms. The molecule has 0 unspecified atom stereocenters. The lowest BCUT2D eigenvalue weighted by Crippen LogP contribution is -2.33. The van der Waals surface area contributed by atoms with Gasteiger partial charge in [-0.3, -0.25) is 4.90 Å². The van der Waals surface area contributed by atoms with Crippen molar-refractivity contribution in [3.8, 4) is 11.5 Å². The van der Waals surface area contributed by atoms with E-state index in [4.69, 9.17) is 16.3 Å². The highest BCUT2D eigenvalue weighted by atomic mass is 35.5. The molecule has 1 rings (SSSR count). The van der Waals surface area contributed by atoms with E-state index in [2.05, 4.69) is 32.6 Å². The largest absolute Gasteiger partial charge is 0.504 e. The Labute approximate surface area is 121 Å². The summed E-state index contributed by atoms with van der Waals surface area (Å²) in [5.74, 6) is 1.18. The Bertz CT molecular complexity index is 419. The molecule has 0 aromatic heterocycles. The van der Waals surface area contributed by atoms with Crippen LogP contribution in [0, 0.1) is 5.92 Å². The van der Waals surface area contributed by atoms with E-state index in [0.29, 0.717) is 29.3 Å². The third-order valence-corrected chi connectivity index (χ3v) is 3.26. The molecule has 0 aliphatic rings. The Hall–Kier alpha value is -0.930. The molecular weight excluding hydrogens is 262 g/mol. The molecule has 1 N–H and O–H groups in total. The monoisotopic (exact) mass is 285 g/mol. The Morgan fingerprint density at radius 1 is 1.26 bits per heavy atom. The van der Waals surface area contributed by atoms with E-state index >= 15 is 0 Å². The van der Waals surface area contributed by atoms with Gasteiger partial charge in [-0.05, 0) is 25.8 Å². The first kappa shape index (κ1) is 16.1. The van der Waals surface area contributed by atoms with Gasteiger partial charge in [0.2, 0.25) is 0 Å². The highest BCUT2D eigenvalue weighted by molar-refractivity contribution is 6.30.